The summed E-state index contributed by atoms with van der Waals surface area (Å²) >= 11 is 1.78. The van der Waals surface area contributed by atoms with Gasteiger partial charge in [0, 0.05) is 24.3 Å². The van der Waals surface area contributed by atoms with E-state index in [9.17, 15) is 0 Å². The number of ether oxygens (including phenoxy) is 1. The van der Waals surface area contributed by atoms with Crippen molar-refractivity contribution in [1.82, 2.24) is 10.3 Å². The number of rotatable bonds is 4. The van der Waals surface area contributed by atoms with Crippen molar-refractivity contribution in [3.05, 3.63) is 16.1 Å². The highest BCUT2D eigenvalue weighted by molar-refractivity contribution is 7.09. The summed E-state index contributed by atoms with van der Waals surface area (Å²) in [5, 5.41) is 6.95. The number of hydrogen-bond acceptors (Lipinski definition) is 4. The first-order valence-corrected chi connectivity index (χ1v) is 6.92. The fourth-order valence-corrected chi connectivity index (χ4v) is 3.20. The van der Waals surface area contributed by atoms with Crippen LogP contribution in [0.15, 0.2) is 5.38 Å². The molecule has 0 aromatic carbocycles. The molecule has 4 heteroatoms. The van der Waals surface area contributed by atoms with Gasteiger partial charge in [0.25, 0.3) is 0 Å². The summed E-state index contributed by atoms with van der Waals surface area (Å²) in [6.07, 6.45) is 2.30. The lowest BCUT2D eigenvalue weighted by atomic mass is 9.92. The molecule has 1 unspecified atom stereocenters. The van der Waals surface area contributed by atoms with Crippen molar-refractivity contribution in [2.24, 2.45) is 5.92 Å². The number of nitrogens with one attached hydrogen (secondary N) is 1. The van der Waals surface area contributed by atoms with Crippen molar-refractivity contribution in [2.45, 2.75) is 32.7 Å². The normalized spacial score (nSPS) is 19.9. The summed E-state index contributed by atoms with van der Waals surface area (Å²) in [4.78, 5) is 4.62. The Bertz CT molecular complexity index is 321. The third-order valence-electron chi connectivity index (χ3n) is 3.06. The topological polar surface area (TPSA) is 34.2 Å². The van der Waals surface area contributed by atoms with Crippen molar-refractivity contribution in [1.29, 1.82) is 0 Å². The second kappa shape index (κ2) is 5.75. The minimum absolute atomic E-state index is 0.424. The maximum atomic E-state index is 5.42. The van der Waals surface area contributed by atoms with Gasteiger partial charge < -0.3 is 10.1 Å². The van der Waals surface area contributed by atoms with Crippen LogP contribution >= 0.6 is 11.3 Å². The van der Waals surface area contributed by atoms with Crippen molar-refractivity contribution in [3.63, 3.8) is 0 Å². The van der Waals surface area contributed by atoms with Crippen LogP contribution in [0.5, 0.6) is 0 Å². The lowest BCUT2D eigenvalue weighted by molar-refractivity contribution is 0.0538. The first-order valence-electron chi connectivity index (χ1n) is 6.04. The molecule has 1 aromatic rings. The van der Waals surface area contributed by atoms with E-state index in [1.165, 1.54) is 5.01 Å². The predicted octanol–water partition coefficient (Wildman–Crippen LogP) is 2.53. The van der Waals surface area contributed by atoms with Gasteiger partial charge in [-0.3, -0.25) is 0 Å². The number of nitrogens with zero attached hydrogens (tertiary/aromatic N) is 1. The molecule has 1 fully saturated rings. The summed E-state index contributed by atoms with van der Waals surface area (Å²) in [6.45, 7) is 7.02. The number of thiazole rings is 1. The summed E-state index contributed by atoms with van der Waals surface area (Å²) in [6, 6.07) is 0.424. The molecule has 1 aromatic heterocycles. The van der Waals surface area contributed by atoms with Gasteiger partial charge in [0.15, 0.2) is 0 Å². The van der Waals surface area contributed by atoms with E-state index in [4.69, 9.17) is 4.74 Å². The second-order valence-corrected chi connectivity index (χ2v) is 5.20. The van der Waals surface area contributed by atoms with Crippen molar-refractivity contribution < 1.29 is 4.74 Å². The van der Waals surface area contributed by atoms with E-state index in [1.54, 1.807) is 11.3 Å². The van der Waals surface area contributed by atoms with Crippen LogP contribution in [0.3, 0.4) is 0 Å². The number of aryl methyl sites for hydroxylation is 1. The first-order chi connectivity index (χ1) is 7.81. The van der Waals surface area contributed by atoms with Gasteiger partial charge in [0.1, 0.15) is 5.01 Å². The molecule has 3 nitrogen and oxygen atoms in total. The van der Waals surface area contributed by atoms with E-state index in [2.05, 4.69) is 29.5 Å². The van der Waals surface area contributed by atoms with Gasteiger partial charge in [-0.25, -0.2) is 4.98 Å². The molecule has 90 valence electrons. The third kappa shape index (κ3) is 2.81. The maximum Gasteiger partial charge on any atom is 0.110 e. The van der Waals surface area contributed by atoms with Crippen LogP contribution in [-0.2, 0) is 4.74 Å². The molecule has 0 saturated carbocycles. The van der Waals surface area contributed by atoms with Gasteiger partial charge in [0.05, 0.1) is 6.04 Å². The van der Waals surface area contributed by atoms with Gasteiger partial charge >= 0.3 is 0 Å². The SMILES string of the molecule is CCNC(c1nc(C)cs1)C1CCOCC1. The molecule has 2 heterocycles. The summed E-state index contributed by atoms with van der Waals surface area (Å²) in [5.41, 5.74) is 1.13. The maximum absolute atomic E-state index is 5.42. The first kappa shape index (κ1) is 12.0. The highest BCUT2D eigenvalue weighted by Gasteiger charge is 2.26. The van der Waals surface area contributed by atoms with Crippen LogP contribution in [0, 0.1) is 12.8 Å². The largest absolute Gasteiger partial charge is 0.381 e. The molecular formula is C12H20N2OS. The summed E-state index contributed by atoms with van der Waals surface area (Å²) in [7, 11) is 0. The Balaban J connectivity index is 2.09. The molecule has 1 aliphatic heterocycles. The van der Waals surface area contributed by atoms with Crippen LogP contribution in [0.2, 0.25) is 0 Å². The van der Waals surface area contributed by atoms with Gasteiger partial charge in [-0.05, 0) is 32.2 Å². The highest BCUT2D eigenvalue weighted by atomic mass is 32.1. The molecule has 1 N–H and O–H groups in total. The number of aromatic nitrogens is 1. The molecule has 0 aliphatic carbocycles. The minimum Gasteiger partial charge on any atom is -0.381 e. The van der Waals surface area contributed by atoms with Gasteiger partial charge in [-0.1, -0.05) is 6.92 Å². The van der Waals surface area contributed by atoms with Gasteiger partial charge in [-0.15, -0.1) is 11.3 Å². The van der Waals surface area contributed by atoms with E-state index in [-0.39, 0.29) is 0 Å². The van der Waals surface area contributed by atoms with E-state index in [1.807, 2.05) is 0 Å². The molecular weight excluding hydrogens is 220 g/mol. The average Bonchev–Trinajstić information content (AvgIpc) is 2.74. The highest BCUT2D eigenvalue weighted by Crippen LogP contribution is 2.31. The van der Waals surface area contributed by atoms with Crippen LogP contribution < -0.4 is 5.32 Å². The molecule has 0 spiro atoms. The number of hydrogen-bond donors (Lipinski definition) is 1. The lowest BCUT2D eigenvalue weighted by Gasteiger charge is -2.29. The Morgan fingerprint density at radius 2 is 2.31 bits per heavy atom. The predicted molar refractivity (Wildman–Crippen MR) is 66.8 cm³/mol. The van der Waals surface area contributed by atoms with Gasteiger partial charge in [0.2, 0.25) is 0 Å². The third-order valence-corrected chi connectivity index (χ3v) is 4.11. The van der Waals surface area contributed by atoms with Crippen molar-refractivity contribution >= 4 is 11.3 Å². The van der Waals surface area contributed by atoms with Gasteiger partial charge in [-0.2, -0.15) is 0 Å². The van der Waals surface area contributed by atoms with Crippen LogP contribution in [0.25, 0.3) is 0 Å². The summed E-state index contributed by atoms with van der Waals surface area (Å²) in [5.74, 6) is 0.680. The molecule has 0 amide bonds. The van der Waals surface area contributed by atoms with E-state index in [0.717, 1.165) is 38.3 Å². The molecule has 16 heavy (non-hydrogen) atoms. The molecule has 1 saturated heterocycles. The van der Waals surface area contributed by atoms with Crippen LogP contribution in [0.1, 0.15) is 36.5 Å². The Morgan fingerprint density at radius 3 is 2.88 bits per heavy atom. The zero-order valence-corrected chi connectivity index (χ0v) is 10.8. The van der Waals surface area contributed by atoms with E-state index in [0.29, 0.717) is 12.0 Å². The molecule has 1 atom stereocenters. The second-order valence-electron chi connectivity index (χ2n) is 4.31. The summed E-state index contributed by atoms with van der Waals surface area (Å²) < 4.78 is 5.42. The molecule has 2 rings (SSSR count). The Hall–Kier alpha value is -0.450. The Kier molecular flexibility index (Phi) is 4.32. The fraction of sp³-hybridized carbons (Fsp3) is 0.750. The van der Waals surface area contributed by atoms with E-state index < -0.39 is 0 Å². The van der Waals surface area contributed by atoms with E-state index >= 15 is 0 Å². The average molecular weight is 240 g/mol. The van der Waals surface area contributed by atoms with Crippen molar-refractivity contribution in [2.75, 3.05) is 19.8 Å². The van der Waals surface area contributed by atoms with Crippen LogP contribution in [0.4, 0.5) is 0 Å². The van der Waals surface area contributed by atoms with Crippen LogP contribution in [-0.4, -0.2) is 24.7 Å². The fourth-order valence-electron chi connectivity index (χ4n) is 2.24. The molecule has 1 aliphatic rings. The smallest absolute Gasteiger partial charge is 0.110 e. The minimum atomic E-state index is 0.424. The molecule has 0 bridgehead atoms. The standard InChI is InChI=1S/C12H20N2OS/c1-3-13-11(10-4-6-15-7-5-10)12-14-9(2)8-16-12/h8,10-11,13H,3-7H2,1-2H3. The zero-order valence-electron chi connectivity index (χ0n) is 10.0. The molecule has 0 radical (unpaired) electrons. The van der Waals surface area contributed by atoms with Crippen molar-refractivity contribution in [3.8, 4) is 0 Å². The monoisotopic (exact) mass is 240 g/mol. The Morgan fingerprint density at radius 1 is 1.56 bits per heavy atom. The quantitative estimate of drug-likeness (QED) is 0.878. The Labute approximate surface area is 101 Å². The lowest BCUT2D eigenvalue weighted by Crippen LogP contribution is -2.32. The zero-order chi connectivity index (χ0) is 11.4.